The number of amides is 2. The summed E-state index contributed by atoms with van der Waals surface area (Å²) in [5.74, 6) is 2.08. The number of nitrogens with zero attached hydrogens (tertiary/aromatic N) is 6. The molecular formula is C23H24N6O4. The molecule has 1 aromatic carbocycles. The number of hydrogen-bond donors (Lipinski definition) is 0. The third kappa shape index (κ3) is 3.77. The number of benzene rings is 1. The molecule has 0 aliphatic carbocycles. The van der Waals surface area contributed by atoms with E-state index < -0.39 is 5.92 Å². The Hall–Kier alpha value is -3.95. The summed E-state index contributed by atoms with van der Waals surface area (Å²) >= 11 is 0. The average molecular weight is 448 g/mol. The highest BCUT2D eigenvalue weighted by atomic mass is 16.5. The predicted octanol–water partition coefficient (Wildman–Crippen LogP) is 1.75. The Bertz CT molecular complexity index is 1190. The van der Waals surface area contributed by atoms with Crippen molar-refractivity contribution in [2.24, 2.45) is 5.92 Å². The number of carbonyl (C=O) groups excluding carboxylic acids is 2. The van der Waals surface area contributed by atoms with Crippen molar-refractivity contribution in [1.82, 2.24) is 24.6 Å². The first-order valence-corrected chi connectivity index (χ1v) is 10.7. The topological polar surface area (TPSA) is 103 Å². The van der Waals surface area contributed by atoms with Crippen molar-refractivity contribution in [2.45, 2.75) is 19.5 Å². The molecule has 0 saturated carbocycles. The first-order chi connectivity index (χ1) is 16.1. The minimum absolute atomic E-state index is 0.0384. The lowest BCUT2D eigenvalue weighted by Crippen LogP contribution is -2.42. The first-order valence-electron chi connectivity index (χ1n) is 10.7. The van der Waals surface area contributed by atoms with Crippen LogP contribution in [0.15, 0.2) is 42.7 Å². The molecule has 4 heterocycles. The third-order valence-electron chi connectivity index (χ3n) is 6.14. The Morgan fingerprint density at radius 1 is 1.09 bits per heavy atom. The zero-order chi connectivity index (χ0) is 22.9. The molecule has 33 heavy (non-hydrogen) atoms. The zero-order valence-electron chi connectivity index (χ0n) is 18.5. The first kappa shape index (κ1) is 20.9. The summed E-state index contributed by atoms with van der Waals surface area (Å²) in [6.45, 7) is 1.83. The molecule has 1 saturated heterocycles. The van der Waals surface area contributed by atoms with Gasteiger partial charge in [-0.05, 0) is 24.3 Å². The van der Waals surface area contributed by atoms with Gasteiger partial charge in [-0.25, -0.2) is 0 Å². The van der Waals surface area contributed by atoms with E-state index in [2.05, 4.69) is 15.2 Å². The Morgan fingerprint density at radius 3 is 2.70 bits per heavy atom. The monoisotopic (exact) mass is 448 g/mol. The summed E-state index contributed by atoms with van der Waals surface area (Å²) in [6.07, 6.45) is 3.64. The standard InChI is InChI=1S/C23H24N6O4/c1-32-18-6-5-17(11-19(18)33-2)29-13-16(10-21(29)30)23(31)27-8-9-28-20(14-27)25-26-22(28)15-4-3-7-24-12-15/h3-7,11-12,16H,8-10,13-14H2,1-2H3/t16-/m0/s1. The largest absolute Gasteiger partial charge is 0.493 e. The molecule has 0 unspecified atom stereocenters. The number of methoxy groups -OCH3 is 2. The fraction of sp³-hybridized carbons (Fsp3) is 0.348. The molecule has 0 bridgehead atoms. The minimum Gasteiger partial charge on any atom is -0.493 e. The molecule has 10 heteroatoms. The number of anilines is 1. The van der Waals surface area contributed by atoms with Gasteiger partial charge in [0.05, 0.1) is 26.7 Å². The molecule has 170 valence electrons. The van der Waals surface area contributed by atoms with E-state index in [0.717, 1.165) is 17.2 Å². The molecule has 5 rings (SSSR count). The average Bonchev–Trinajstić information content (AvgIpc) is 3.46. The number of hydrogen-bond acceptors (Lipinski definition) is 7. The molecule has 2 amide bonds. The molecule has 3 aromatic rings. The van der Waals surface area contributed by atoms with Gasteiger partial charge in [0.1, 0.15) is 0 Å². The quantitative estimate of drug-likeness (QED) is 0.586. The number of carbonyl (C=O) groups is 2. The van der Waals surface area contributed by atoms with Crippen molar-refractivity contribution in [2.75, 3.05) is 32.2 Å². The molecule has 0 spiro atoms. The maximum Gasteiger partial charge on any atom is 0.228 e. The van der Waals surface area contributed by atoms with Crippen LogP contribution in [0.3, 0.4) is 0 Å². The van der Waals surface area contributed by atoms with Crippen molar-refractivity contribution in [1.29, 1.82) is 0 Å². The number of rotatable bonds is 5. The second kappa shape index (κ2) is 8.53. The highest BCUT2D eigenvalue weighted by Crippen LogP contribution is 2.34. The van der Waals surface area contributed by atoms with E-state index in [1.165, 1.54) is 0 Å². The molecule has 0 N–H and O–H groups in total. The van der Waals surface area contributed by atoms with Gasteiger partial charge in [-0.3, -0.25) is 14.6 Å². The Labute approximate surface area is 190 Å². The second-order valence-corrected chi connectivity index (χ2v) is 8.04. The fourth-order valence-corrected chi connectivity index (χ4v) is 4.43. The SMILES string of the molecule is COc1ccc(N2C[C@@H](C(=O)N3CCn4c(nnc4-c4cccnc4)C3)CC2=O)cc1OC. The van der Waals surface area contributed by atoms with Crippen LogP contribution in [-0.4, -0.2) is 63.8 Å². The van der Waals surface area contributed by atoms with Crippen LogP contribution in [0.4, 0.5) is 5.69 Å². The lowest BCUT2D eigenvalue weighted by molar-refractivity contribution is -0.137. The van der Waals surface area contributed by atoms with Gasteiger partial charge in [0.25, 0.3) is 0 Å². The van der Waals surface area contributed by atoms with E-state index in [0.29, 0.717) is 43.4 Å². The second-order valence-electron chi connectivity index (χ2n) is 8.04. The third-order valence-corrected chi connectivity index (χ3v) is 6.14. The summed E-state index contributed by atoms with van der Waals surface area (Å²) in [5.41, 5.74) is 1.58. The van der Waals surface area contributed by atoms with Crippen molar-refractivity contribution in [3.8, 4) is 22.9 Å². The van der Waals surface area contributed by atoms with Gasteiger partial charge in [0.15, 0.2) is 23.1 Å². The van der Waals surface area contributed by atoms with Gasteiger partial charge in [-0.1, -0.05) is 0 Å². The normalized spacial score (nSPS) is 17.8. The van der Waals surface area contributed by atoms with Gasteiger partial charge in [0, 0.05) is 55.8 Å². The predicted molar refractivity (Wildman–Crippen MR) is 119 cm³/mol. The van der Waals surface area contributed by atoms with Gasteiger partial charge in [-0.15, -0.1) is 10.2 Å². The van der Waals surface area contributed by atoms with Crippen LogP contribution in [0.5, 0.6) is 11.5 Å². The molecule has 2 aliphatic rings. The van der Waals surface area contributed by atoms with Crippen molar-refractivity contribution in [3.63, 3.8) is 0 Å². The number of aromatic nitrogens is 4. The number of fused-ring (bicyclic) bond motifs is 1. The van der Waals surface area contributed by atoms with Gasteiger partial charge in [-0.2, -0.15) is 0 Å². The minimum atomic E-state index is -0.405. The summed E-state index contributed by atoms with van der Waals surface area (Å²) in [5, 5.41) is 8.60. The lowest BCUT2D eigenvalue weighted by atomic mass is 10.1. The summed E-state index contributed by atoms with van der Waals surface area (Å²) in [4.78, 5) is 33.6. The maximum absolute atomic E-state index is 13.3. The lowest BCUT2D eigenvalue weighted by Gasteiger charge is -2.29. The Balaban J connectivity index is 1.30. The molecular weight excluding hydrogens is 424 g/mol. The number of pyridine rings is 1. The van der Waals surface area contributed by atoms with Crippen LogP contribution in [0, 0.1) is 5.92 Å². The number of ether oxygens (including phenoxy) is 2. The highest BCUT2D eigenvalue weighted by molar-refractivity contribution is 6.00. The van der Waals surface area contributed by atoms with Crippen LogP contribution in [0.25, 0.3) is 11.4 Å². The Kier molecular flexibility index (Phi) is 5.41. The van der Waals surface area contributed by atoms with Crippen LogP contribution >= 0.6 is 0 Å². The molecule has 2 aliphatic heterocycles. The summed E-state index contributed by atoms with van der Waals surface area (Å²) in [6, 6.07) is 9.11. The molecule has 1 fully saturated rings. The smallest absolute Gasteiger partial charge is 0.228 e. The van der Waals surface area contributed by atoms with E-state index in [9.17, 15) is 9.59 Å². The summed E-state index contributed by atoms with van der Waals surface area (Å²) < 4.78 is 12.6. The van der Waals surface area contributed by atoms with Crippen molar-refractivity contribution >= 4 is 17.5 Å². The zero-order valence-corrected chi connectivity index (χ0v) is 18.5. The van der Waals surface area contributed by atoms with Crippen LogP contribution < -0.4 is 14.4 Å². The van der Waals surface area contributed by atoms with Crippen LogP contribution in [0.1, 0.15) is 12.2 Å². The van der Waals surface area contributed by atoms with Crippen LogP contribution in [0.2, 0.25) is 0 Å². The molecule has 1 atom stereocenters. The van der Waals surface area contributed by atoms with E-state index in [1.807, 2.05) is 16.7 Å². The molecule has 0 radical (unpaired) electrons. The molecule has 2 aromatic heterocycles. The molecule has 10 nitrogen and oxygen atoms in total. The van der Waals surface area contributed by atoms with E-state index >= 15 is 0 Å². The summed E-state index contributed by atoms with van der Waals surface area (Å²) in [7, 11) is 3.11. The van der Waals surface area contributed by atoms with Gasteiger partial charge < -0.3 is 23.8 Å². The van der Waals surface area contributed by atoms with E-state index in [-0.39, 0.29) is 18.2 Å². The van der Waals surface area contributed by atoms with E-state index in [1.54, 1.807) is 54.6 Å². The Morgan fingerprint density at radius 2 is 1.94 bits per heavy atom. The van der Waals surface area contributed by atoms with E-state index in [4.69, 9.17) is 9.47 Å². The van der Waals surface area contributed by atoms with Gasteiger partial charge >= 0.3 is 0 Å². The van der Waals surface area contributed by atoms with Gasteiger partial charge in [0.2, 0.25) is 11.8 Å². The van der Waals surface area contributed by atoms with Crippen LogP contribution in [-0.2, 0) is 22.7 Å². The maximum atomic E-state index is 13.3. The highest BCUT2D eigenvalue weighted by Gasteiger charge is 2.38. The fourth-order valence-electron chi connectivity index (χ4n) is 4.43. The van der Waals surface area contributed by atoms with Crippen molar-refractivity contribution < 1.29 is 19.1 Å². The van der Waals surface area contributed by atoms with Crippen molar-refractivity contribution in [3.05, 3.63) is 48.5 Å².